The summed E-state index contributed by atoms with van der Waals surface area (Å²) in [6, 6.07) is 12.8. The maximum atomic E-state index is 5.25. The molecule has 1 aliphatic rings. The van der Waals surface area contributed by atoms with Crippen molar-refractivity contribution in [3.63, 3.8) is 0 Å². The second kappa shape index (κ2) is 7.00. The number of rotatable bonds is 4. The van der Waals surface area contributed by atoms with Crippen molar-refractivity contribution in [2.75, 3.05) is 38.2 Å². The smallest absolute Gasteiger partial charge is 0.119 e. The molecule has 5 nitrogen and oxygen atoms in total. The van der Waals surface area contributed by atoms with Crippen LogP contribution in [0.1, 0.15) is 11.1 Å². The van der Waals surface area contributed by atoms with Crippen LogP contribution in [0.5, 0.6) is 5.75 Å². The van der Waals surface area contributed by atoms with Gasteiger partial charge >= 0.3 is 0 Å². The van der Waals surface area contributed by atoms with E-state index in [0.717, 1.165) is 44.1 Å². The molecule has 1 saturated heterocycles. The van der Waals surface area contributed by atoms with Crippen LogP contribution in [0.4, 0.5) is 5.69 Å². The van der Waals surface area contributed by atoms with Gasteiger partial charge in [0.25, 0.3) is 0 Å². The third kappa shape index (κ3) is 3.27. The average Bonchev–Trinajstić information content (AvgIpc) is 3.04. The minimum atomic E-state index is 0.898. The molecule has 3 aromatic rings. The van der Waals surface area contributed by atoms with Gasteiger partial charge < -0.3 is 14.2 Å². The lowest BCUT2D eigenvalue weighted by molar-refractivity contribution is 0.209. The van der Waals surface area contributed by atoms with Gasteiger partial charge in [0.1, 0.15) is 5.75 Å². The molecule has 5 heteroatoms. The normalized spacial score (nSPS) is 15.6. The Kier molecular flexibility index (Phi) is 4.55. The van der Waals surface area contributed by atoms with E-state index in [0.29, 0.717) is 0 Å². The SMILES string of the molecule is COc1ccc(N2CCN(Cn3cnc4cc(C)c(C)cc43)CC2)cc1. The number of benzene rings is 2. The summed E-state index contributed by atoms with van der Waals surface area (Å²) in [5, 5.41) is 0. The van der Waals surface area contributed by atoms with Gasteiger partial charge in [-0.1, -0.05) is 0 Å². The van der Waals surface area contributed by atoms with Crippen LogP contribution in [0.25, 0.3) is 11.0 Å². The number of nitrogens with zero attached hydrogens (tertiary/aromatic N) is 4. The molecule has 26 heavy (non-hydrogen) atoms. The summed E-state index contributed by atoms with van der Waals surface area (Å²) in [4.78, 5) is 9.52. The van der Waals surface area contributed by atoms with Gasteiger partial charge in [0.2, 0.25) is 0 Å². The van der Waals surface area contributed by atoms with Crippen molar-refractivity contribution < 1.29 is 4.74 Å². The monoisotopic (exact) mass is 350 g/mol. The Morgan fingerprint density at radius 2 is 1.65 bits per heavy atom. The fourth-order valence-corrected chi connectivity index (χ4v) is 3.58. The van der Waals surface area contributed by atoms with E-state index in [1.807, 2.05) is 18.5 Å². The molecule has 0 radical (unpaired) electrons. The third-order valence-corrected chi connectivity index (χ3v) is 5.40. The number of aromatic nitrogens is 2. The first-order chi connectivity index (χ1) is 12.6. The van der Waals surface area contributed by atoms with Crippen molar-refractivity contribution in [3.8, 4) is 5.75 Å². The van der Waals surface area contributed by atoms with E-state index in [2.05, 4.69) is 57.5 Å². The molecule has 1 aliphatic heterocycles. The highest BCUT2D eigenvalue weighted by Gasteiger charge is 2.18. The molecule has 0 unspecified atom stereocenters. The maximum absolute atomic E-state index is 5.25. The van der Waals surface area contributed by atoms with Crippen molar-refractivity contribution >= 4 is 16.7 Å². The highest BCUT2D eigenvalue weighted by atomic mass is 16.5. The second-order valence-electron chi connectivity index (χ2n) is 7.08. The largest absolute Gasteiger partial charge is 0.497 e. The predicted octanol–water partition coefficient (Wildman–Crippen LogP) is 3.44. The topological polar surface area (TPSA) is 33.5 Å². The molecule has 136 valence electrons. The average molecular weight is 350 g/mol. The first kappa shape index (κ1) is 16.9. The first-order valence-electron chi connectivity index (χ1n) is 9.17. The van der Waals surface area contributed by atoms with Crippen LogP contribution in [-0.4, -0.2) is 47.7 Å². The van der Waals surface area contributed by atoms with Gasteiger partial charge in [-0.3, -0.25) is 4.90 Å². The number of methoxy groups -OCH3 is 1. The van der Waals surface area contributed by atoms with Gasteiger partial charge in [0.15, 0.2) is 0 Å². The zero-order valence-corrected chi connectivity index (χ0v) is 15.8. The minimum Gasteiger partial charge on any atom is -0.497 e. The number of piperazine rings is 1. The number of fused-ring (bicyclic) bond motifs is 1. The van der Waals surface area contributed by atoms with Crippen molar-refractivity contribution in [1.29, 1.82) is 0 Å². The highest BCUT2D eigenvalue weighted by Crippen LogP contribution is 2.22. The number of hydrogen-bond donors (Lipinski definition) is 0. The van der Waals surface area contributed by atoms with Gasteiger partial charge in [-0.15, -0.1) is 0 Å². The van der Waals surface area contributed by atoms with E-state index in [1.165, 1.54) is 22.3 Å². The van der Waals surface area contributed by atoms with E-state index in [1.54, 1.807) is 7.11 Å². The fraction of sp³-hybridized carbons (Fsp3) is 0.381. The molecule has 1 aromatic heterocycles. The molecule has 4 rings (SSSR count). The zero-order valence-electron chi connectivity index (χ0n) is 15.8. The molecular weight excluding hydrogens is 324 g/mol. The highest BCUT2D eigenvalue weighted by molar-refractivity contribution is 5.77. The molecule has 2 heterocycles. The third-order valence-electron chi connectivity index (χ3n) is 5.40. The first-order valence-corrected chi connectivity index (χ1v) is 9.17. The molecule has 0 atom stereocenters. The predicted molar refractivity (Wildman–Crippen MR) is 106 cm³/mol. The summed E-state index contributed by atoms with van der Waals surface area (Å²) >= 11 is 0. The summed E-state index contributed by atoms with van der Waals surface area (Å²) in [7, 11) is 1.70. The number of anilines is 1. The standard InChI is InChI=1S/C21H26N4O/c1-16-12-20-21(13-17(16)2)25(14-22-20)15-23-8-10-24(11-9-23)18-4-6-19(26-3)7-5-18/h4-7,12-14H,8-11,15H2,1-3H3. The lowest BCUT2D eigenvalue weighted by atomic mass is 10.1. The summed E-state index contributed by atoms with van der Waals surface area (Å²) in [5.74, 6) is 0.907. The molecule has 0 amide bonds. The number of hydrogen-bond acceptors (Lipinski definition) is 4. The van der Waals surface area contributed by atoms with Crippen LogP contribution in [0, 0.1) is 13.8 Å². The van der Waals surface area contributed by atoms with E-state index in [-0.39, 0.29) is 0 Å². The molecule has 0 bridgehead atoms. The second-order valence-corrected chi connectivity index (χ2v) is 7.08. The molecule has 0 N–H and O–H groups in total. The van der Waals surface area contributed by atoms with Gasteiger partial charge in [-0.05, 0) is 61.4 Å². The van der Waals surface area contributed by atoms with E-state index < -0.39 is 0 Å². The fourth-order valence-electron chi connectivity index (χ4n) is 3.58. The summed E-state index contributed by atoms with van der Waals surface area (Å²) in [6.07, 6.45) is 1.97. The van der Waals surface area contributed by atoms with Crippen molar-refractivity contribution in [3.05, 3.63) is 53.9 Å². The summed E-state index contributed by atoms with van der Waals surface area (Å²) < 4.78 is 7.52. The quantitative estimate of drug-likeness (QED) is 0.722. The van der Waals surface area contributed by atoms with E-state index in [9.17, 15) is 0 Å². The van der Waals surface area contributed by atoms with Crippen LogP contribution < -0.4 is 9.64 Å². The number of ether oxygens (including phenoxy) is 1. The van der Waals surface area contributed by atoms with Gasteiger partial charge in [0, 0.05) is 31.9 Å². The van der Waals surface area contributed by atoms with Crippen LogP contribution in [0.15, 0.2) is 42.7 Å². The molecule has 1 fully saturated rings. The van der Waals surface area contributed by atoms with Crippen molar-refractivity contribution in [2.45, 2.75) is 20.5 Å². The Morgan fingerprint density at radius 1 is 0.962 bits per heavy atom. The Bertz CT molecular complexity index is 892. The summed E-state index contributed by atoms with van der Waals surface area (Å²) in [6.45, 7) is 9.39. The molecule has 0 saturated carbocycles. The van der Waals surface area contributed by atoms with Crippen LogP contribution in [-0.2, 0) is 6.67 Å². The molecule has 2 aromatic carbocycles. The van der Waals surface area contributed by atoms with Crippen LogP contribution in [0.2, 0.25) is 0 Å². The minimum absolute atomic E-state index is 0.898. The maximum Gasteiger partial charge on any atom is 0.119 e. The van der Waals surface area contributed by atoms with Crippen LogP contribution in [0.3, 0.4) is 0 Å². The Morgan fingerprint density at radius 3 is 2.35 bits per heavy atom. The van der Waals surface area contributed by atoms with E-state index in [4.69, 9.17) is 4.74 Å². The van der Waals surface area contributed by atoms with Gasteiger partial charge in [-0.25, -0.2) is 4.98 Å². The molecule has 0 spiro atoms. The number of imidazole rings is 1. The zero-order chi connectivity index (χ0) is 18.1. The number of aryl methyl sites for hydroxylation is 2. The summed E-state index contributed by atoms with van der Waals surface area (Å²) in [5.41, 5.74) is 6.21. The Hall–Kier alpha value is -2.53. The van der Waals surface area contributed by atoms with Crippen LogP contribution >= 0.6 is 0 Å². The van der Waals surface area contributed by atoms with Gasteiger partial charge in [-0.2, -0.15) is 0 Å². The molecular formula is C21H26N4O. The lowest BCUT2D eigenvalue weighted by Crippen LogP contribution is -2.46. The van der Waals surface area contributed by atoms with E-state index >= 15 is 0 Å². The van der Waals surface area contributed by atoms with Crippen molar-refractivity contribution in [2.24, 2.45) is 0 Å². The Labute approximate surface area is 154 Å². The van der Waals surface area contributed by atoms with Gasteiger partial charge in [0.05, 0.1) is 31.1 Å². The Balaban J connectivity index is 1.41. The lowest BCUT2D eigenvalue weighted by Gasteiger charge is -2.36. The molecule has 0 aliphatic carbocycles. The van der Waals surface area contributed by atoms with Crippen molar-refractivity contribution in [1.82, 2.24) is 14.5 Å².